The van der Waals surface area contributed by atoms with Crippen molar-refractivity contribution < 1.29 is 13.0 Å². The Hall–Kier alpha value is -0.950. The summed E-state index contributed by atoms with van der Waals surface area (Å²) < 4.78 is 30.3. The molecule has 7 heteroatoms. The number of hydrazone groups is 1. The number of nitrogens with one attached hydrogen (secondary N) is 2. The van der Waals surface area contributed by atoms with Gasteiger partial charge in [0.05, 0.1) is 11.4 Å². The molecule has 0 spiro atoms. The first kappa shape index (κ1) is 9.14. The fourth-order valence-electron chi connectivity index (χ4n) is 0.834. The molecule has 3 N–H and O–H groups in total. The first-order valence-corrected chi connectivity index (χ1v) is 4.61. The topological polar surface area (TPSA) is 103 Å². The first-order valence-electron chi connectivity index (χ1n) is 3.17. The smallest absolute Gasteiger partial charge is 0.296 e. The van der Waals surface area contributed by atoms with Crippen LogP contribution in [0, 0.1) is 5.41 Å². The van der Waals surface area contributed by atoms with Crippen molar-refractivity contribution >= 4 is 21.5 Å². The molecule has 0 aromatic rings. The Morgan fingerprint density at radius 2 is 2.17 bits per heavy atom. The highest BCUT2D eigenvalue weighted by Crippen LogP contribution is 2.18. The Morgan fingerprint density at radius 1 is 1.67 bits per heavy atom. The molecule has 1 aliphatic heterocycles. The lowest BCUT2D eigenvalue weighted by molar-refractivity contribution is 0.443. The maximum Gasteiger partial charge on any atom is 0.296 e. The molecule has 0 aromatic heterocycles. The van der Waals surface area contributed by atoms with E-state index in [1.165, 1.54) is 13.8 Å². The molecule has 0 aliphatic carbocycles. The lowest BCUT2D eigenvalue weighted by atomic mass is 10.1. The molecule has 0 aromatic carbocycles. The van der Waals surface area contributed by atoms with E-state index in [0.717, 1.165) is 0 Å². The number of hydrogen-bond acceptors (Lipinski definition) is 5. The Labute approximate surface area is 69.9 Å². The highest BCUT2D eigenvalue weighted by Gasteiger charge is 2.47. The Balaban J connectivity index is 3.18. The quantitative estimate of drug-likeness (QED) is 0.490. The summed E-state index contributed by atoms with van der Waals surface area (Å²) in [7, 11) is -4.33. The standard InChI is InChI=1S/C5H9N3O3S/c1-3-4(6)5(2,8-7-3)12(9,10)11/h6,8H,1-2H3,(H,9,10,11). The third-order valence-corrected chi connectivity index (χ3v) is 3.12. The van der Waals surface area contributed by atoms with Crippen LogP contribution in [0.3, 0.4) is 0 Å². The number of hydrogen-bond donors (Lipinski definition) is 3. The minimum Gasteiger partial charge on any atom is -0.300 e. The number of rotatable bonds is 1. The lowest BCUT2D eigenvalue weighted by Gasteiger charge is -2.19. The molecule has 6 nitrogen and oxygen atoms in total. The van der Waals surface area contributed by atoms with Crippen molar-refractivity contribution in [2.45, 2.75) is 18.7 Å². The molecule has 0 fully saturated rings. The van der Waals surface area contributed by atoms with Gasteiger partial charge in [0.1, 0.15) is 0 Å². The van der Waals surface area contributed by atoms with Crippen LogP contribution >= 0.6 is 0 Å². The SMILES string of the molecule is CC1=NNC(C)(S(=O)(=O)O)C1=N. The largest absolute Gasteiger partial charge is 0.300 e. The van der Waals surface area contributed by atoms with E-state index in [2.05, 4.69) is 10.5 Å². The van der Waals surface area contributed by atoms with Crippen molar-refractivity contribution in [1.82, 2.24) is 5.43 Å². The Bertz CT molecular complexity index is 358. The van der Waals surface area contributed by atoms with Crippen LogP contribution in [-0.4, -0.2) is 29.3 Å². The molecule has 12 heavy (non-hydrogen) atoms. The summed E-state index contributed by atoms with van der Waals surface area (Å²) in [4.78, 5) is -1.78. The van der Waals surface area contributed by atoms with Gasteiger partial charge in [0.25, 0.3) is 10.1 Å². The fraction of sp³-hybridized carbons (Fsp3) is 0.600. The van der Waals surface area contributed by atoms with Gasteiger partial charge < -0.3 is 0 Å². The Morgan fingerprint density at radius 3 is 2.33 bits per heavy atom. The van der Waals surface area contributed by atoms with Crippen LogP contribution < -0.4 is 5.43 Å². The maximum absolute atomic E-state index is 10.8. The van der Waals surface area contributed by atoms with Gasteiger partial charge in [-0.3, -0.25) is 15.4 Å². The molecule has 1 aliphatic rings. The molecule has 1 rings (SSSR count). The molecule has 68 valence electrons. The summed E-state index contributed by atoms with van der Waals surface area (Å²) in [5.74, 6) is 0. The predicted molar refractivity (Wildman–Crippen MR) is 43.9 cm³/mol. The third-order valence-electron chi connectivity index (χ3n) is 1.79. The van der Waals surface area contributed by atoms with Gasteiger partial charge in [0.15, 0.2) is 0 Å². The van der Waals surface area contributed by atoms with Crippen molar-refractivity contribution in [3.05, 3.63) is 0 Å². The minimum atomic E-state index is -4.33. The van der Waals surface area contributed by atoms with Crippen molar-refractivity contribution in [1.29, 1.82) is 5.41 Å². The highest BCUT2D eigenvalue weighted by molar-refractivity contribution is 7.88. The summed E-state index contributed by atoms with van der Waals surface area (Å²) in [5, 5.41) is 10.9. The first-order chi connectivity index (χ1) is 5.29. The van der Waals surface area contributed by atoms with E-state index in [-0.39, 0.29) is 11.4 Å². The monoisotopic (exact) mass is 191 g/mol. The molecule has 1 heterocycles. The average molecular weight is 191 g/mol. The summed E-state index contributed by atoms with van der Waals surface area (Å²) >= 11 is 0. The highest BCUT2D eigenvalue weighted by atomic mass is 32.2. The van der Waals surface area contributed by atoms with Gasteiger partial charge in [-0.2, -0.15) is 13.5 Å². The van der Waals surface area contributed by atoms with Gasteiger partial charge in [0.2, 0.25) is 4.87 Å². The molecule has 1 unspecified atom stereocenters. The van der Waals surface area contributed by atoms with Crippen LogP contribution in [0.25, 0.3) is 0 Å². The minimum absolute atomic E-state index is 0.231. The second-order valence-electron chi connectivity index (χ2n) is 2.69. The van der Waals surface area contributed by atoms with Gasteiger partial charge in [-0.05, 0) is 13.8 Å². The number of nitrogens with zero attached hydrogens (tertiary/aromatic N) is 1. The van der Waals surface area contributed by atoms with Crippen molar-refractivity contribution in [2.24, 2.45) is 5.10 Å². The van der Waals surface area contributed by atoms with Crippen LogP contribution in [-0.2, 0) is 10.1 Å². The molecule has 0 amide bonds. The van der Waals surface area contributed by atoms with E-state index in [4.69, 9.17) is 9.96 Å². The van der Waals surface area contributed by atoms with Crippen LogP contribution in [0.2, 0.25) is 0 Å². The van der Waals surface area contributed by atoms with E-state index >= 15 is 0 Å². The van der Waals surface area contributed by atoms with E-state index in [0.29, 0.717) is 0 Å². The molecule has 0 saturated carbocycles. The normalized spacial score (nSPS) is 29.9. The van der Waals surface area contributed by atoms with Gasteiger partial charge in [0, 0.05) is 0 Å². The second kappa shape index (κ2) is 2.27. The van der Waals surface area contributed by atoms with E-state index in [1.807, 2.05) is 0 Å². The zero-order valence-electron chi connectivity index (χ0n) is 6.62. The zero-order valence-corrected chi connectivity index (χ0v) is 7.44. The molecular formula is C5H9N3O3S. The van der Waals surface area contributed by atoms with Gasteiger partial charge >= 0.3 is 0 Å². The Kier molecular flexibility index (Phi) is 1.73. The van der Waals surface area contributed by atoms with Crippen molar-refractivity contribution in [3.63, 3.8) is 0 Å². The van der Waals surface area contributed by atoms with E-state index in [9.17, 15) is 8.42 Å². The molecule has 0 saturated heterocycles. The molecule has 1 atom stereocenters. The molecule has 0 radical (unpaired) electrons. The maximum atomic E-state index is 10.8. The van der Waals surface area contributed by atoms with Crippen LogP contribution in [0.15, 0.2) is 5.10 Å². The fourth-order valence-corrected chi connectivity index (χ4v) is 1.40. The van der Waals surface area contributed by atoms with Gasteiger partial charge in [-0.25, -0.2) is 0 Å². The van der Waals surface area contributed by atoms with Gasteiger partial charge in [-0.15, -0.1) is 0 Å². The van der Waals surface area contributed by atoms with Crippen LogP contribution in [0.4, 0.5) is 0 Å². The van der Waals surface area contributed by atoms with E-state index in [1.54, 1.807) is 0 Å². The average Bonchev–Trinajstić information content (AvgIpc) is 2.16. The van der Waals surface area contributed by atoms with Crippen molar-refractivity contribution in [2.75, 3.05) is 0 Å². The molecule has 0 bridgehead atoms. The summed E-state index contributed by atoms with van der Waals surface area (Å²) in [6.45, 7) is 2.68. The summed E-state index contributed by atoms with van der Waals surface area (Å²) in [5.41, 5.74) is 2.23. The van der Waals surface area contributed by atoms with Crippen LogP contribution in [0.5, 0.6) is 0 Å². The predicted octanol–water partition coefficient (Wildman–Crippen LogP) is -0.411. The van der Waals surface area contributed by atoms with Gasteiger partial charge in [-0.1, -0.05) is 0 Å². The second-order valence-corrected chi connectivity index (χ2v) is 4.46. The molecular weight excluding hydrogens is 182 g/mol. The summed E-state index contributed by atoms with van der Waals surface area (Å²) in [6, 6.07) is 0. The van der Waals surface area contributed by atoms with Crippen LogP contribution in [0.1, 0.15) is 13.8 Å². The zero-order chi connectivity index (χ0) is 9.57. The van der Waals surface area contributed by atoms with E-state index < -0.39 is 15.0 Å². The lowest BCUT2D eigenvalue weighted by Crippen LogP contribution is -2.50. The van der Waals surface area contributed by atoms with Crippen molar-refractivity contribution in [3.8, 4) is 0 Å². The third kappa shape index (κ3) is 1.01. The summed E-state index contributed by atoms with van der Waals surface area (Å²) in [6.07, 6.45) is 0.